The molecule has 3 unspecified atom stereocenters. The Morgan fingerprint density at radius 1 is 1.50 bits per heavy atom. The molecule has 0 fully saturated rings. The zero-order valence-corrected chi connectivity index (χ0v) is 9.58. The minimum Gasteiger partial charge on any atom is -0.366 e. The molecule has 0 heterocycles. The second kappa shape index (κ2) is 4.16. The van der Waals surface area contributed by atoms with Gasteiger partial charge in [0.15, 0.2) is 0 Å². The highest BCUT2D eigenvalue weighted by molar-refractivity contribution is 5.92. The molecule has 2 nitrogen and oxygen atoms in total. The van der Waals surface area contributed by atoms with Crippen LogP contribution in [0.25, 0.3) is 0 Å². The molecular weight excluding hydrogens is 174 g/mol. The molecule has 0 aromatic rings. The van der Waals surface area contributed by atoms with Crippen LogP contribution in [0.1, 0.15) is 34.1 Å². The first-order valence-corrected chi connectivity index (χ1v) is 5.45. The average Bonchev–Trinajstić information content (AvgIpc) is 2.08. The van der Waals surface area contributed by atoms with Crippen LogP contribution < -0.4 is 5.73 Å². The average molecular weight is 195 g/mol. The van der Waals surface area contributed by atoms with Gasteiger partial charge in [-0.3, -0.25) is 4.79 Å². The number of carbonyl (C=O) groups excluding carboxylic acids is 1. The maximum atomic E-state index is 11.1. The summed E-state index contributed by atoms with van der Waals surface area (Å²) in [5, 5.41) is 0. The topological polar surface area (TPSA) is 43.1 Å². The lowest BCUT2D eigenvalue weighted by Crippen LogP contribution is -2.32. The van der Waals surface area contributed by atoms with Crippen LogP contribution >= 0.6 is 0 Å². The Morgan fingerprint density at radius 3 is 2.50 bits per heavy atom. The van der Waals surface area contributed by atoms with Gasteiger partial charge < -0.3 is 5.73 Å². The molecule has 80 valence electrons. The van der Waals surface area contributed by atoms with Gasteiger partial charge in [0.1, 0.15) is 0 Å². The second-order valence-electron chi connectivity index (χ2n) is 4.82. The molecule has 1 aliphatic carbocycles. The van der Waals surface area contributed by atoms with Crippen LogP contribution in [0.5, 0.6) is 0 Å². The van der Waals surface area contributed by atoms with Crippen molar-refractivity contribution < 1.29 is 4.79 Å². The molecule has 0 saturated carbocycles. The van der Waals surface area contributed by atoms with Crippen molar-refractivity contribution >= 4 is 5.91 Å². The Balaban J connectivity index is 2.85. The SMILES string of the molecule is CC(C)C1CC=C(C(N)=O)C(C)C1C. The number of nitrogens with two attached hydrogens (primary N) is 1. The molecule has 14 heavy (non-hydrogen) atoms. The molecule has 0 spiro atoms. The van der Waals surface area contributed by atoms with E-state index < -0.39 is 0 Å². The second-order valence-corrected chi connectivity index (χ2v) is 4.82. The number of allylic oxidation sites excluding steroid dienone is 1. The molecule has 3 atom stereocenters. The van der Waals surface area contributed by atoms with Crippen LogP contribution in [0.4, 0.5) is 0 Å². The fraction of sp³-hybridized carbons (Fsp3) is 0.750. The van der Waals surface area contributed by atoms with Crippen LogP contribution in [0.2, 0.25) is 0 Å². The number of amides is 1. The van der Waals surface area contributed by atoms with E-state index in [0.717, 1.165) is 12.0 Å². The highest BCUT2D eigenvalue weighted by atomic mass is 16.1. The molecule has 0 bridgehead atoms. The van der Waals surface area contributed by atoms with Crippen molar-refractivity contribution in [3.8, 4) is 0 Å². The number of rotatable bonds is 2. The third-order valence-electron chi connectivity index (χ3n) is 3.71. The van der Waals surface area contributed by atoms with Crippen molar-refractivity contribution in [2.24, 2.45) is 29.4 Å². The molecule has 0 aromatic heterocycles. The summed E-state index contributed by atoms with van der Waals surface area (Å²) in [4.78, 5) is 11.1. The largest absolute Gasteiger partial charge is 0.366 e. The molecule has 1 rings (SSSR count). The first kappa shape index (κ1) is 11.3. The van der Waals surface area contributed by atoms with E-state index in [1.54, 1.807) is 0 Å². The normalized spacial score (nSPS) is 32.9. The van der Waals surface area contributed by atoms with E-state index in [1.807, 2.05) is 6.08 Å². The molecule has 1 amide bonds. The van der Waals surface area contributed by atoms with Crippen molar-refractivity contribution in [3.05, 3.63) is 11.6 Å². The van der Waals surface area contributed by atoms with E-state index in [9.17, 15) is 4.79 Å². The monoisotopic (exact) mass is 195 g/mol. The van der Waals surface area contributed by atoms with Gasteiger partial charge >= 0.3 is 0 Å². The fourth-order valence-corrected chi connectivity index (χ4v) is 2.52. The van der Waals surface area contributed by atoms with Crippen LogP contribution in [0.15, 0.2) is 11.6 Å². The predicted molar refractivity (Wildman–Crippen MR) is 58.6 cm³/mol. The van der Waals surface area contributed by atoms with Gasteiger partial charge in [0.25, 0.3) is 0 Å². The van der Waals surface area contributed by atoms with Crippen molar-refractivity contribution in [3.63, 3.8) is 0 Å². The zero-order valence-electron chi connectivity index (χ0n) is 9.58. The van der Waals surface area contributed by atoms with Gasteiger partial charge in [0.05, 0.1) is 0 Å². The highest BCUT2D eigenvalue weighted by Gasteiger charge is 2.32. The molecular formula is C12H21NO. The first-order chi connectivity index (χ1) is 6.45. The number of primary amides is 1. The zero-order chi connectivity index (χ0) is 10.9. The van der Waals surface area contributed by atoms with Crippen molar-refractivity contribution in [2.45, 2.75) is 34.1 Å². The standard InChI is InChI=1S/C12H21NO/c1-7(2)10-5-6-11(12(13)14)9(4)8(10)3/h6-10H,5H2,1-4H3,(H2,13,14). The lowest BCUT2D eigenvalue weighted by molar-refractivity contribution is -0.115. The number of hydrogen-bond donors (Lipinski definition) is 1. The predicted octanol–water partition coefficient (Wildman–Crippen LogP) is 2.35. The summed E-state index contributed by atoms with van der Waals surface area (Å²) >= 11 is 0. The van der Waals surface area contributed by atoms with E-state index in [1.165, 1.54) is 0 Å². The van der Waals surface area contributed by atoms with Gasteiger partial charge in [-0.15, -0.1) is 0 Å². The third-order valence-corrected chi connectivity index (χ3v) is 3.71. The van der Waals surface area contributed by atoms with Crippen molar-refractivity contribution in [2.75, 3.05) is 0 Å². The summed E-state index contributed by atoms with van der Waals surface area (Å²) < 4.78 is 0. The number of carbonyl (C=O) groups is 1. The molecule has 0 saturated heterocycles. The fourth-order valence-electron chi connectivity index (χ4n) is 2.52. The summed E-state index contributed by atoms with van der Waals surface area (Å²) in [5.41, 5.74) is 6.16. The van der Waals surface area contributed by atoms with Crippen LogP contribution in [-0.2, 0) is 4.79 Å². The molecule has 2 heteroatoms. The van der Waals surface area contributed by atoms with E-state index in [0.29, 0.717) is 23.7 Å². The van der Waals surface area contributed by atoms with E-state index in [-0.39, 0.29) is 5.91 Å². The summed E-state index contributed by atoms with van der Waals surface area (Å²) in [6.45, 7) is 8.83. The Morgan fingerprint density at radius 2 is 2.07 bits per heavy atom. The summed E-state index contributed by atoms with van der Waals surface area (Å²) in [6, 6.07) is 0. The van der Waals surface area contributed by atoms with Gasteiger partial charge in [-0.25, -0.2) is 0 Å². The quantitative estimate of drug-likeness (QED) is 0.722. The van der Waals surface area contributed by atoms with E-state index in [2.05, 4.69) is 27.7 Å². The van der Waals surface area contributed by atoms with Gasteiger partial charge in [0.2, 0.25) is 5.91 Å². The van der Waals surface area contributed by atoms with Crippen molar-refractivity contribution in [1.29, 1.82) is 0 Å². The Labute approximate surface area is 86.6 Å². The van der Waals surface area contributed by atoms with Crippen LogP contribution in [0, 0.1) is 23.7 Å². The number of hydrogen-bond acceptors (Lipinski definition) is 1. The van der Waals surface area contributed by atoms with Gasteiger partial charge in [0, 0.05) is 5.57 Å². The summed E-state index contributed by atoms with van der Waals surface area (Å²) in [6.07, 6.45) is 3.04. The Bertz CT molecular complexity index is 255. The van der Waals surface area contributed by atoms with Gasteiger partial charge in [-0.2, -0.15) is 0 Å². The minimum atomic E-state index is -0.244. The van der Waals surface area contributed by atoms with E-state index in [4.69, 9.17) is 5.73 Å². The Hall–Kier alpha value is -0.790. The van der Waals surface area contributed by atoms with Crippen LogP contribution in [0.3, 0.4) is 0 Å². The molecule has 0 aromatic carbocycles. The molecule has 0 aliphatic heterocycles. The maximum absolute atomic E-state index is 11.1. The van der Waals surface area contributed by atoms with Gasteiger partial charge in [-0.05, 0) is 30.1 Å². The van der Waals surface area contributed by atoms with Crippen LogP contribution in [-0.4, -0.2) is 5.91 Å². The molecule has 1 aliphatic rings. The summed E-state index contributed by atoms with van der Waals surface area (Å²) in [5.74, 6) is 1.99. The first-order valence-electron chi connectivity index (χ1n) is 5.45. The maximum Gasteiger partial charge on any atom is 0.244 e. The van der Waals surface area contributed by atoms with Crippen molar-refractivity contribution in [1.82, 2.24) is 0 Å². The summed E-state index contributed by atoms with van der Waals surface area (Å²) in [7, 11) is 0. The lowest BCUT2D eigenvalue weighted by Gasteiger charge is -2.35. The smallest absolute Gasteiger partial charge is 0.244 e. The highest BCUT2D eigenvalue weighted by Crippen LogP contribution is 2.38. The third kappa shape index (κ3) is 1.99. The molecule has 0 radical (unpaired) electrons. The lowest BCUT2D eigenvalue weighted by atomic mass is 9.69. The minimum absolute atomic E-state index is 0.244. The Kier molecular flexibility index (Phi) is 3.35. The van der Waals surface area contributed by atoms with Gasteiger partial charge in [-0.1, -0.05) is 33.8 Å². The molecule has 2 N–H and O–H groups in total. The van der Waals surface area contributed by atoms with E-state index >= 15 is 0 Å².